The fourth-order valence-corrected chi connectivity index (χ4v) is 4.93. The highest BCUT2D eigenvalue weighted by Crippen LogP contribution is 2.45. The van der Waals surface area contributed by atoms with E-state index in [1.807, 2.05) is 26.0 Å². The number of aromatic nitrogens is 2. The highest BCUT2D eigenvalue weighted by atomic mass is 79.9. The number of thiazole rings is 1. The predicted molar refractivity (Wildman–Crippen MR) is 95.8 cm³/mol. The van der Waals surface area contributed by atoms with Gasteiger partial charge in [-0.05, 0) is 65.7 Å². The van der Waals surface area contributed by atoms with Crippen LogP contribution >= 0.6 is 27.3 Å². The molecule has 24 heavy (non-hydrogen) atoms. The summed E-state index contributed by atoms with van der Waals surface area (Å²) in [6, 6.07) is 3.92. The van der Waals surface area contributed by atoms with E-state index < -0.39 is 11.6 Å². The Hall–Kier alpha value is -1.31. The quantitative estimate of drug-likeness (QED) is 0.747. The van der Waals surface area contributed by atoms with Crippen LogP contribution in [0.4, 0.5) is 0 Å². The molecule has 0 aliphatic heterocycles. The maximum atomic E-state index is 11.3. The Bertz CT molecular complexity index is 759. The first-order valence-corrected chi connectivity index (χ1v) is 9.45. The summed E-state index contributed by atoms with van der Waals surface area (Å²) in [6.07, 6.45) is 3.05. The number of aryl methyl sites for hydroxylation is 1. The SMILES string of the molecule is Cc1cc(Br)nc(-c2cnc(C3(O)CCC(C(=O)O)C(C)C3)s2)c1. The molecule has 1 saturated carbocycles. The molecule has 1 aliphatic carbocycles. The van der Waals surface area contributed by atoms with Crippen molar-refractivity contribution in [1.82, 2.24) is 9.97 Å². The van der Waals surface area contributed by atoms with Crippen molar-refractivity contribution in [3.63, 3.8) is 0 Å². The molecule has 2 aromatic heterocycles. The number of aliphatic carboxylic acids is 1. The van der Waals surface area contributed by atoms with E-state index in [-0.39, 0.29) is 11.8 Å². The average molecular weight is 411 g/mol. The van der Waals surface area contributed by atoms with Crippen LogP contribution in [0.5, 0.6) is 0 Å². The highest BCUT2D eigenvalue weighted by Gasteiger charge is 2.43. The molecule has 5 nitrogen and oxygen atoms in total. The number of carbonyl (C=O) groups is 1. The lowest BCUT2D eigenvalue weighted by Crippen LogP contribution is -2.38. The summed E-state index contributed by atoms with van der Waals surface area (Å²) in [7, 11) is 0. The fourth-order valence-electron chi connectivity index (χ4n) is 3.38. The van der Waals surface area contributed by atoms with Crippen LogP contribution in [0.3, 0.4) is 0 Å². The molecule has 0 spiro atoms. The zero-order chi connectivity index (χ0) is 17.5. The molecule has 2 heterocycles. The van der Waals surface area contributed by atoms with Crippen LogP contribution in [-0.2, 0) is 10.4 Å². The lowest BCUT2D eigenvalue weighted by atomic mass is 9.72. The third kappa shape index (κ3) is 3.38. The maximum absolute atomic E-state index is 11.3. The normalized spacial score (nSPS) is 27.2. The number of carboxylic acids is 1. The van der Waals surface area contributed by atoms with Crippen molar-refractivity contribution in [1.29, 1.82) is 0 Å². The molecule has 7 heteroatoms. The van der Waals surface area contributed by atoms with Crippen molar-refractivity contribution in [3.8, 4) is 10.6 Å². The molecule has 2 N–H and O–H groups in total. The topological polar surface area (TPSA) is 83.3 Å². The zero-order valence-corrected chi connectivity index (χ0v) is 15.9. The van der Waals surface area contributed by atoms with E-state index in [1.165, 1.54) is 11.3 Å². The van der Waals surface area contributed by atoms with Crippen LogP contribution in [0, 0.1) is 18.8 Å². The summed E-state index contributed by atoms with van der Waals surface area (Å²) < 4.78 is 0.766. The molecule has 2 aromatic rings. The van der Waals surface area contributed by atoms with Gasteiger partial charge in [-0.3, -0.25) is 4.79 Å². The van der Waals surface area contributed by atoms with Crippen LogP contribution in [0.15, 0.2) is 22.9 Å². The predicted octanol–water partition coefficient (Wildman–Crippen LogP) is 3.98. The molecule has 3 atom stereocenters. The Balaban J connectivity index is 1.86. The van der Waals surface area contributed by atoms with Gasteiger partial charge in [-0.2, -0.15) is 0 Å². The summed E-state index contributed by atoms with van der Waals surface area (Å²) in [4.78, 5) is 21.0. The van der Waals surface area contributed by atoms with Gasteiger partial charge < -0.3 is 10.2 Å². The lowest BCUT2D eigenvalue weighted by molar-refractivity contribution is -0.148. The minimum absolute atomic E-state index is 0.0835. The second kappa shape index (κ2) is 6.54. The van der Waals surface area contributed by atoms with E-state index in [0.29, 0.717) is 24.3 Å². The van der Waals surface area contributed by atoms with Crippen molar-refractivity contribution in [2.24, 2.45) is 11.8 Å². The Morgan fingerprint density at radius 3 is 2.83 bits per heavy atom. The molecule has 0 aromatic carbocycles. The molecule has 3 unspecified atom stereocenters. The molecule has 1 aliphatic rings. The Kier molecular flexibility index (Phi) is 4.77. The van der Waals surface area contributed by atoms with Crippen molar-refractivity contribution < 1.29 is 15.0 Å². The average Bonchev–Trinajstić information content (AvgIpc) is 2.96. The summed E-state index contributed by atoms with van der Waals surface area (Å²) in [5, 5.41) is 20.9. The zero-order valence-electron chi connectivity index (χ0n) is 13.5. The molecule has 0 saturated heterocycles. The van der Waals surface area contributed by atoms with Crippen molar-refractivity contribution in [2.75, 3.05) is 0 Å². The van der Waals surface area contributed by atoms with Crippen LogP contribution in [0.25, 0.3) is 10.6 Å². The smallest absolute Gasteiger partial charge is 0.306 e. The maximum Gasteiger partial charge on any atom is 0.306 e. The second-order valence-corrected chi connectivity index (χ2v) is 8.42. The van der Waals surface area contributed by atoms with Gasteiger partial charge in [0.05, 0.1) is 16.5 Å². The van der Waals surface area contributed by atoms with E-state index in [4.69, 9.17) is 0 Å². The number of hydrogen-bond acceptors (Lipinski definition) is 5. The third-order valence-electron chi connectivity index (χ3n) is 4.63. The van der Waals surface area contributed by atoms with Gasteiger partial charge in [-0.25, -0.2) is 9.97 Å². The lowest BCUT2D eigenvalue weighted by Gasteiger charge is -2.37. The first-order valence-electron chi connectivity index (χ1n) is 7.84. The molecule has 0 amide bonds. The molecular weight excluding hydrogens is 392 g/mol. The number of pyridine rings is 1. The van der Waals surface area contributed by atoms with Gasteiger partial charge in [0.15, 0.2) is 0 Å². The summed E-state index contributed by atoms with van der Waals surface area (Å²) in [5.41, 5.74) is 0.868. The van der Waals surface area contributed by atoms with Gasteiger partial charge in [0.2, 0.25) is 0 Å². The third-order valence-corrected chi connectivity index (χ3v) is 6.25. The van der Waals surface area contributed by atoms with Crippen molar-refractivity contribution in [2.45, 2.75) is 38.7 Å². The standard InChI is InChI=1S/C17H19BrN2O3S/c1-9-5-12(20-14(18)6-9)13-8-19-16(24-13)17(23)4-3-11(15(21)22)10(2)7-17/h5-6,8,10-11,23H,3-4,7H2,1-2H3,(H,21,22). The summed E-state index contributed by atoms with van der Waals surface area (Å²) in [6.45, 7) is 3.89. The molecule has 0 bridgehead atoms. The van der Waals surface area contributed by atoms with E-state index in [0.717, 1.165) is 20.7 Å². The number of rotatable bonds is 3. The molecule has 0 radical (unpaired) electrons. The van der Waals surface area contributed by atoms with E-state index in [9.17, 15) is 15.0 Å². The number of halogens is 1. The van der Waals surface area contributed by atoms with Gasteiger partial charge in [0, 0.05) is 6.20 Å². The Labute approximate surface area is 152 Å². The number of nitrogens with zero attached hydrogens (tertiary/aromatic N) is 2. The van der Waals surface area contributed by atoms with E-state index in [2.05, 4.69) is 25.9 Å². The summed E-state index contributed by atoms with van der Waals surface area (Å²) in [5.74, 6) is -1.25. The molecule has 3 rings (SSSR count). The van der Waals surface area contributed by atoms with Gasteiger partial charge in [-0.15, -0.1) is 11.3 Å². The monoisotopic (exact) mass is 410 g/mol. The second-order valence-electron chi connectivity index (χ2n) is 6.58. The first-order chi connectivity index (χ1) is 11.3. The summed E-state index contributed by atoms with van der Waals surface area (Å²) >= 11 is 4.83. The minimum atomic E-state index is -1.05. The van der Waals surface area contributed by atoms with Crippen molar-refractivity contribution in [3.05, 3.63) is 33.5 Å². The molecule has 1 fully saturated rings. The van der Waals surface area contributed by atoms with E-state index in [1.54, 1.807) is 6.20 Å². The van der Waals surface area contributed by atoms with Gasteiger partial charge in [0.25, 0.3) is 0 Å². The van der Waals surface area contributed by atoms with Crippen molar-refractivity contribution >= 4 is 33.2 Å². The van der Waals surface area contributed by atoms with Crippen LogP contribution in [0.2, 0.25) is 0 Å². The van der Waals surface area contributed by atoms with Crippen LogP contribution in [-0.4, -0.2) is 26.2 Å². The number of hydrogen-bond donors (Lipinski definition) is 2. The Morgan fingerprint density at radius 2 is 2.21 bits per heavy atom. The number of carboxylic acid groups (broad SMARTS) is 1. The van der Waals surface area contributed by atoms with Gasteiger partial charge >= 0.3 is 5.97 Å². The molecular formula is C17H19BrN2O3S. The minimum Gasteiger partial charge on any atom is -0.481 e. The van der Waals surface area contributed by atoms with Gasteiger partial charge in [0.1, 0.15) is 15.2 Å². The fraction of sp³-hybridized carbons (Fsp3) is 0.471. The number of aliphatic hydroxyl groups is 1. The Morgan fingerprint density at radius 1 is 1.46 bits per heavy atom. The van der Waals surface area contributed by atoms with Crippen LogP contribution < -0.4 is 0 Å². The van der Waals surface area contributed by atoms with Gasteiger partial charge in [-0.1, -0.05) is 6.92 Å². The highest BCUT2D eigenvalue weighted by molar-refractivity contribution is 9.10. The molecule has 128 valence electrons. The first kappa shape index (κ1) is 17.5. The largest absolute Gasteiger partial charge is 0.481 e. The van der Waals surface area contributed by atoms with E-state index >= 15 is 0 Å². The van der Waals surface area contributed by atoms with Crippen LogP contribution in [0.1, 0.15) is 36.8 Å².